The van der Waals surface area contributed by atoms with Crippen LogP contribution in [0.25, 0.3) is 0 Å². The van der Waals surface area contributed by atoms with E-state index in [2.05, 4.69) is 15.3 Å². The number of nitrogens with one attached hydrogen (secondary N) is 1. The molecule has 1 aromatic carbocycles. The van der Waals surface area contributed by atoms with Crippen LogP contribution in [0.1, 0.15) is 40.4 Å². The number of alkyl halides is 3. The molecule has 2 heterocycles. The molecule has 1 aliphatic heterocycles. The number of carbonyl (C=O) groups excluding carboxylic acids is 1. The Morgan fingerprint density at radius 1 is 1.16 bits per heavy atom. The molecule has 3 N–H and O–H groups in total. The van der Waals surface area contributed by atoms with Crippen molar-refractivity contribution < 1.29 is 33.0 Å². The minimum Gasteiger partial charge on any atom is -0.504 e. The quantitative estimate of drug-likeness (QED) is 0.617. The molecule has 0 unspecified atom stereocenters. The molecule has 172 valence electrons. The largest absolute Gasteiger partial charge is 0.504 e. The number of halogens is 3. The lowest BCUT2D eigenvalue weighted by Crippen LogP contribution is -2.34. The lowest BCUT2D eigenvalue weighted by atomic mass is 9.92. The van der Waals surface area contributed by atoms with E-state index in [0.29, 0.717) is 25.3 Å². The van der Waals surface area contributed by atoms with E-state index in [0.717, 1.165) is 30.7 Å². The highest BCUT2D eigenvalue weighted by molar-refractivity contribution is 5.96. The lowest BCUT2D eigenvalue weighted by molar-refractivity contribution is -0.138. The van der Waals surface area contributed by atoms with Crippen LogP contribution in [0.5, 0.6) is 5.75 Å². The summed E-state index contributed by atoms with van der Waals surface area (Å²) in [7, 11) is 0. The Kier molecular flexibility index (Phi) is 6.85. The number of hydrogen-bond donors (Lipinski definition) is 3. The van der Waals surface area contributed by atoms with Gasteiger partial charge in [0.25, 0.3) is 5.91 Å². The number of aryl methyl sites for hydroxylation is 1. The number of aromatic hydroxyl groups is 1. The maximum Gasteiger partial charge on any atom is 0.416 e. The number of piperidine rings is 1. The van der Waals surface area contributed by atoms with Gasteiger partial charge in [-0.05, 0) is 49.9 Å². The van der Waals surface area contributed by atoms with Crippen molar-refractivity contribution in [2.45, 2.75) is 32.4 Å². The number of carboxylic acids is 1. The van der Waals surface area contributed by atoms with Gasteiger partial charge in [0.15, 0.2) is 11.4 Å². The average molecular weight is 452 g/mol. The summed E-state index contributed by atoms with van der Waals surface area (Å²) < 4.78 is 38.2. The number of benzene rings is 1. The monoisotopic (exact) mass is 452 g/mol. The van der Waals surface area contributed by atoms with Gasteiger partial charge in [-0.15, -0.1) is 0 Å². The summed E-state index contributed by atoms with van der Waals surface area (Å²) in [5.41, 5.74) is -0.00153. The molecule has 1 fully saturated rings. The maximum atomic E-state index is 12.7. The maximum absolute atomic E-state index is 12.7. The summed E-state index contributed by atoms with van der Waals surface area (Å²) in [6, 6.07) is 5.09. The van der Waals surface area contributed by atoms with Crippen LogP contribution in [-0.4, -0.2) is 51.7 Å². The number of carboxylic acid groups (broad SMARTS) is 1. The second kappa shape index (κ2) is 9.41. The van der Waals surface area contributed by atoms with Crippen molar-refractivity contribution in [3.63, 3.8) is 0 Å². The highest BCUT2D eigenvalue weighted by Gasteiger charge is 2.30. The van der Waals surface area contributed by atoms with Crippen LogP contribution < -0.4 is 10.2 Å². The van der Waals surface area contributed by atoms with Crippen molar-refractivity contribution in [2.24, 2.45) is 5.92 Å². The van der Waals surface area contributed by atoms with Crippen LogP contribution >= 0.6 is 0 Å². The van der Waals surface area contributed by atoms with Crippen molar-refractivity contribution in [3.05, 3.63) is 47.0 Å². The summed E-state index contributed by atoms with van der Waals surface area (Å²) in [6.07, 6.45) is -2.39. The number of carbonyl (C=O) groups is 2. The molecule has 0 spiro atoms. The SMILES string of the molecule is Cc1nc(CC2CCN(c3ccc(C(F)(F)F)cc3)CC2)nc(C(=O)NCC(=O)O)c1O. The minimum absolute atomic E-state index is 0.194. The fourth-order valence-electron chi connectivity index (χ4n) is 3.63. The first-order valence-corrected chi connectivity index (χ1v) is 10.0. The predicted octanol–water partition coefficient (Wildman–Crippen LogP) is 2.78. The van der Waals surface area contributed by atoms with Crippen molar-refractivity contribution in [1.29, 1.82) is 0 Å². The number of anilines is 1. The molecular formula is C21H23F3N4O4. The van der Waals surface area contributed by atoms with Crippen LogP contribution in [0, 0.1) is 12.8 Å². The first kappa shape index (κ1) is 23.3. The molecule has 2 aromatic rings. The number of hydrogen-bond acceptors (Lipinski definition) is 6. The van der Waals surface area contributed by atoms with E-state index in [1.807, 2.05) is 4.90 Å². The third kappa shape index (κ3) is 5.65. The zero-order chi connectivity index (χ0) is 23.5. The fourth-order valence-corrected chi connectivity index (χ4v) is 3.63. The Labute approximate surface area is 182 Å². The van der Waals surface area contributed by atoms with E-state index in [1.54, 1.807) is 0 Å². The molecule has 0 radical (unpaired) electrons. The number of aliphatic carboxylic acids is 1. The van der Waals surface area contributed by atoms with Gasteiger partial charge in [-0.2, -0.15) is 13.2 Å². The van der Waals surface area contributed by atoms with Gasteiger partial charge < -0.3 is 20.4 Å². The third-order valence-electron chi connectivity index (χ3n) is 5.37. The van der Waals surface area contributed by atoms with E-state index >= 15 is 0 Å². The molecule has 1 aromatic heterocycles. The molecule has 0 bridgehead atoms. The van der Waals surface area contributed by atoms with Crippen molar-refractivity contribution >= 4 is 17.6 Å². The fraction of sp³-hybridized carbons (Fsp3) is 0.429. The van der Waals surface area contributed by atoms with Gasteiger partial charge >= 0.3 is 12.1 Å². The predicted molar refractivity (Wildman–Crippen MR) is 108 cm³/mol. The summed E-state index contributed by atoms with van der Waals surface area (Å²) in [5, 5.41) is 20.9. The highest BCUT2D eigenvalue weighted by Crippen LogP contribution is 2.32. The van der Waals surface area contributed by atoms with E-state index in [4.69, 9.17) is 5.11 Å². The van der Waals surface area contributed by atoms with Crippen LogP contribution in [0.15, 0.2) is 24.3 Å². The van der Waals surface area contributed by atoms with Gasteiger partial charge in [0.1, 0.15) is 12.4 Å². The number of aromatic nitrogens is 2. The van der Waals surface area contributed by atoms with Crippen molar-refractivity contribution in [3.8, 4) is 5.75 Å². The van der Waals surface area contributed by atoms with E-state index in [9.17, 15) is 27.9 Å². The van der Waals surface area contributed by atoms with Crippen LogP contribution in [0.2, 0.25) is 0 Å². The van der Waals surface area contributed by atoms with Gasteiger partial charge in [0.2, 0.25) is 0 Å². The van der Waals surface area contributed by atoms with Crippen LogP contribution in [0.3, 0.4) is 0 Å². The number of rotatable bonds is 6. The molecule has 3 rings (SSSR count). The van der Waals surface area contributed by atoms with Gasteiger partial charge in [0.05, 0.1) is 11.3 Å². The summed E-state index contributed by atoms with van der Waals surface area (Å²) >= 11 is 0. The normalized spacial score (nSPS) is 14.9. The zero-order valence-corrected chi connectivity index (χ0v) is 17.3. The van der Waals surface area contributed by atoms with E-state index < -0.39 is 35.9 Å². The van der Waals surface area contributed by atoms with Crippen molar-refractivity contribution in [2.75, 3.05) is 24.5 Å². The Bertz CT molecular complexity index is 988. The van der Waals surface area contributed by atoms with E-state index in [-0.39, 0.29) is 17.3 Å². The van der Waals surface area contributed by atoms with E-state index in [1.165, 1.54) is 19.1 Å². The number of nitrogens with zero attached hydrogens (tertiary/aromatic N) is 3. The third-order valence-corrected chi connectivity index (χ3v) is 5.37. The molecule has 0 saturated carbocycles. The smallest absolute Gasteiger partial charge is 0.416 e. The molecule has 1 amide bonds. The lowest BCUT2D eigenvalue weighted by Gasteiger charge is -2.33. The summed E-state index contributed by atoms with van der Waals surface area (Å²) in [6.45, 7) is 2.23. The molecule has 8 nitrogen and oxygen atoms in total. The number of amides is 1. The molecule has 1 saturated heterocycles. The summed E-state index contributed by atoms with van der Waals surface area (Å²) in [4.78, 5) is 33.2. The molecule has 11 heteroatoms. The van der Waals surface area contributed by atoms with Gasteiger partial charge in [-0.3, -0.25) is 9.59 Å². The van der Waals surface area contributed by atoms with Crippen LogP contribution in [0.4, 0.5) is 18.9 Å². The molecular weight excluding hydrogens is 429 g/mol. The topological polar surface area (TPSA) is 116 Å². The Balaban J connectivity index is 1.62. The second-order valence-corrected chi connectivity index (χ2v) is 7.68. The van der Waals surface area contributed by atoms with Gasteiger partial charge in [0, 0.05) is 25.2 Å². The first-order chi connectivity index (χ1) is 15.0. The highest BCUT2D eigenvalue weighted by atomic mass is 19.4. The molecule has 1 aliphatic rings. The van der Waals surface area contributed by atoms with Gasteiger partial charge in [-0.25, -0.2) is 9.97 Å². The first-order valence-electron chi connectivity index (χ1n) is 10.0. The molecule has 32 heavy (non-hydrogen) atoms. The summed E-state index contributed by atoms with van der Waals surface area (Å²) in [5.74, 6) is -1.85. The Morgan fingerprint density at radius 2 is 1.78 bits per heavy atom. The second-order valence-electron chi connectivity index (χ2n) is 7.68. The zero-order valence-electron chi connectivity index (χ0n) is 17.3. The standard InChI is InChI=1S/C21H23F3N4O4/c1-12-19(31)18(20(32)25-11-17(29)30)27-16(26-12)10-13-6-8-28(9-7-13)15-4-2-14(3-5-15)21(22,23)24/h2-5,13,31H,6-11H2,1H3,(H,25,32)(H,29,30). The Hall–Kier alpha value is -3.37. The van der Waals surface area contributed by atoms with Gasteiger partial charge in [-0.1, -0.05) is 0 Å². The van der Waals surface area contributed by atoms with Crippen LogP contribution in [-0.2, 0) is 17.4 Å². The molecule has 0 aliphatic carbocycles. The average Bonchev–Trinajstić information content (AvgIpc) is 2.74. The Morgan fingerprint density at radius 3 is 2.34 bits per heavy atom. The van der Waals surface area contributed by atoms with Crippen molar-refractivity contribution in [1.82, 2.24) is 15.3 Å². The minimum atomic E-state index is -4.36. The molecule has 0 atom stereocenters.